The van der Waals surface area contributed by atoms with Crippen LogP contribution in [0.4, 0.5) is 0 Å². The van der Waals surface area contributed by atoms with E-state index in [0.29, 0.717) is 5.92 Å². The van der Waals surface area contributed by atoms with E-state index in [1.54, 1.807) is 6.92 Å². The molecular weight excluding hydrogens is 124 g/mol. The van der Waals surface area contributed by atoms with E-state index in [2.05, 4.69) is 13.5 Å². The number of carbonyl (C=O) groups excluding carboxylic acids is 1. The van der Waals surface area contributed by atoms with Crippen LogP contribution in [-0.4, -0.2) is 5.78 Å². The van der Waals surface area contributed by atoms with E-state index in [0.717, 1.165) is 19.3 Å². The molecule has 0 aromatic heterocycles. The first kappa shape index (κ1) is 9.41. The van der Waals surface area contributed by atoms with Gasteiger partial charge in [0, 0.05) is 6.42 Å². The Balaban J connectivity index is 3.29. The number of Topliss-reactive ketones (excluding diaryl/α,β-unsaturated/α-hetero) is 1. The molecule has 0 aliphatic carbocycles. The van der Waals surface area contributed by atoms with Crippen molar-refractivity contribution in [3.63, 3.8) is 0 Å². The summed E-state index contributed by atoms with van der Waals surface area (Å²) < 4.78 is 0. The zero-order valence-electron chi connectivity index (χ0n) is 6.89. The minimum atomic E-state index is 0.288. The zero-order chi connectivity index (χ0) is 7.98. The molecule has 1 heteroatoms. The fourth-order valence-electron chi connectivity index (χ4n) is 0.852. The van der Waals surface area contributed by atoms with Crippen LogP contribution in [0.3, 0.4) is 0 Å². The third kappa shape index (κ3) is 5.54. The van der Waals surface area contributed by atoms with E-state index in [4.69, 9.17) is 0 Å². The second-order valence-electron chi connectivity index (χ2n) is 2.87. The predicted molar refractivity (Wildman–Crippen MR) is 43.9 cm³/mol. The smallest absolute Gasteiger partial charge is 0.129 e. The van der Waals surface area contributed by atoms with E-state index in [1.807, 2.05) is 6.08 Å². The summed E-state index contributed by atoms with van der Waals surface area (Å²) in [6.07, 6.45) is 4.65. The second-order valence-corrected chi connectivity index (χ2v) is 2.87. The highest BCUT2D eigenvalue weighted by Gasteiger charge is 2.00. The molecule has 0 spiro atoms. The monoisotopic (exact) mass is 140 g/mol. The molecule has 0 fully saturated rings. The molecule has 0 saturated carbocycles. The Bertz CT molecular complexity index is 116. The molecule has 1 unspecified atom stereocenters. The van der Waals surface area contributed by atoms with E-state index in [1.165, 1.54) is 0 Å². The predicted octanol–water partition coefficient (Wildman–Crippen LogP) is 2.57. The normalized spacial score (nSPS) is 12.6. The van der Waals surface area contributed by atoms with Crippen molar-refractivity contribution in [1.29, 1.82) is 0 Å². The number of allylic oxidation sites excluding steroid dienone is 1. The van der Waals surface area contributed by atoms with Crippen molar-refractivity contribution in [2.24, 2.45) is 5.92 Å². The minimum absolute atomic E-state index is 0.288. The Morgan fingerprint density at radius 3 is 2.70 bits per heavy atom. The second kappa shape index (κ2) is 5.21. The van der Waals surface area contributed by atoms with Gasteiger partial charge in [-0.1, -0.05) is 13.0 Å². The first-order chi connectivity index (χ1) is 4.66. The summed E-state index contributed by atoms with van der Waals surface area (Å²) in [7, 11) is 0. The molecule has 10 heavy (non-hydrogen) atoms. The number of rotatable bonds is 5. The molecule has 0 heterocycles. The standard InChI is InChI=1S/C9H16O/c1-4-5-8(2)6-7-9(3)10/h4,8H,1,5-7H2,2-3H3. The molecule has 0 N–H and O–H groups in total. The van der Waals surface area contributed by atoms with Crippen LogP contribution in [-0.2, 0) is 4.79 Å². The molecule has 58 valence electrons. The third-order valence-electron chi connectivity index (χ3n) is 1.56. The van der Waals surface area contributed by atoms with Gasteiger partial charge in [-0.05, 0) is 25.7 Å². The van der Waals surface area contributed by atoms with Gasteiger partial charge in [0.1, 0.15) is 5.78 Å². The molecule has 0 aliphatic rings. The maximum atomic E-state index is 10.5. The van der Waals surface area contributed by atoms with Crippen molar-refractivity contribution < 1.29 is 4.79 Å². The SMILES string of the molecule is C=CCC(C)CCC(C)=O. The van der Waals surface area contributed by atoms with Gasteiger partial charge in [-0.3, -0.25) is 0 Å². The van der Waals surface area contributed by atoms with Crippen molar-refractivity contribution in [3.05, 3.63) is 12.7 Å². The summed E-state index contributed by atoms with van der Waals surface area (Å²) in [5.74, 6) is 0.900. The van der Waals surface area contributed by atoms with Gasteiger partial charge in [0.25, 0.3) is 0 Å². The van der Waals surface area contributed by atoms with Crippen LogP contribution in [0.5, 0.6) is 0 Å². The van der Waals surface area contributed by atoms with Crippen molar-refractivity contribution in [3.8, 4) is 0 Å². The van der Waals surface area contributed by atoms with Gasteiger partial charge < -0.3 is 4.79 Å². The summed E-state index contributed by atoms with van der Waals surface area (Å²) in [6, 6.07) is 0. The largest absolute Gasteiger partial charge is 0.300 e. The van der Waals surface area contributed by atoms with Crippen LogP contribution in [0.2, 0.25) is 0 Å². The van der Waals surface area contributed by atoms with Crippen LogP contribution in [0.15, 0.2) is 12.7 Å². The molecule has 0 bridgehead atoms. The summed E-state index contributed by atoms with van der Waals surface area (Å²) in [4.78, 5) is 10.5. The van der Waals surface area contributed by atoms with Gasteiger partial charge in [0.15, 0.2) is 0 Å². The molecule has 0 saturated heterocycles. The molecule has 0 aromatic rings. The van der Waals surface area contributed by atoms with Crippen molar-refractivity contribution >= 4 is 5.78 Å². The molecule has 0 aliphatic heterocycles. The van der Waals surface area contributed by atoms with Crippen LogP contribution < -0.4 is 0 Å². The van der Waals surface area contributed by atoms with E-state index in [9.17, 15) is 4.79 Å². The number of hydrogen-bond acceptors (Lipinski definition) is 1. The number of hydrogen-bond donors (Lipinski definition) is 0. The Hall–Kier alpha value is -0.590. The lowest BCUT2D eigenvalue weighted by molar-refractivity contribution is -0.117. The topological polar surface area (TPSA) is 17.1 Å². The lowest BCUT2D eigenvalue weighted by Crippen LogP contribution is -1.97. The number of carbonyl (C=O) groups is 1. The van der Waals surface area contributed by atoms with E-state index < -0.39 is 0 Å². The fraction of sp³-hybridized carbons (Fsp3) is 0.667. The molecular formula is C9H16O. The van der Waals surface area contributed by atoms with Gasteiger partial charge in [0.05, 0.1) is 0 Å². The Morgan fingerprint density at radius 2 is 2.30 bits per heavy atom. The minimum Gasteiger partial charge on any atom is -0.300 e. The average molecular weight is 140 g/mol. The lowest BCUT2D eigenvalue weighted by atomic mass is 10.0. The van der Waals surface area contributed by atoms with Crippen LogP contribution in [0.1, 0.15) is 33.1 Å². The summed E-state index contributed by atoms with van der Waals surface area (Å²) >= 11 is 0. The molecule has 1 atom stereocenters. The summed E-state index contributed by atoms with van der Waals surface area (Å²) in [5.41, 5.74) is 0. The quantitative estimate of drug-likeness (QED) is 0.536. The van der Waals surface area contributed by atoms with Gasteiger partial charge >= 0.3 is 0 Å². The van der Waals surface area contributed by atoms with Gasteiger partial charge in [-0.2, -0.15) is 0 Å². The Labute approximate surface area is 63.1 Å². The van der Waals surface area contributed by atoms with Crippen LogP contribution in [0, 0.1) is 5.92 Å². The van der Waals surface area contributed by atoms with E-state index in [-0.39, 0.29) is 5.78 Å². The average Bonchev–Trinajstić information content (AvgIpc) is 1.85. The molecule has 0 rings (SSSR count). The molecule has 0 aromatic carbocycles. The lowest BCUT2D eigenvalue weighted by Gasteiger charge is -2.04. The van der Waals surface area contributed by atoms with Crippen LogP contribution in [0.25, 0.3) is 0 Å². The maximum absolute atomic E-state index is 10.5. The van der Waals surface area contributed by atoms with Crippen molar-refractivity contribution in [2.75, 3.05) is 0 Å². The van der Waals surface area contributed by atoms with Gasteiger partial charge in [-0.15, -0.1) is 6.58 Å². The molecule has 0 amide bonds. The molecule has 1 nitrogen and oxygen atoms in total. The third-order valence-corrected chi connectivity index (χ3v) is 1.56. The first-order valence-electron chi connectivity index (χ1n) is 3.77. The summed E-state index contributed by atoms with van der Waals surface area (Å²) in [6.45, 7) is 7.43. The fourth-order valence-corrected chi connectivity index (χ4v) is 0.852. The highest BCUT2D eigenvalue weighted by molar-refractivity contribution is 5.75. The Kier molecular flexibility index (Phi) is 4.91. The van der Waals surface area contributed by atoms with E-state index >= 15 is 0 Å². The highest BCUT2D eigenvalue weighted by Crippen LogP contribution is 2.09. The highest BCUT2D eigenvalue weighted by atomic mass is 16.1. The maximum Gasteiger partial charge on any atom is 0.129 e. The van der Waals surface area contributed by atoms with Crippen LogP contribution >= 0.6 is 0 Å². The zero-order valence-corrected chi connectivity index (χ0v) is 6.89. The molecule has 0 radical (unpaired) electrons. The van der Waals surface area contributed by atoms with Gasteiger partial charge in [-0.25, -0.2) is 0 Å². The first-order valence-corrected chi connectivity index (χ1v) is 3.77. The number of ketones is 1. The van der Waals surface area contributed by atoms with Crippen molar-refractivity contribution in [2.45, 2.75) is 33.1 Å². The summed E-state index contributed by atoms with van der Waals surface area (Å²) in [5, 5.41) is 0. The van der Waals surface area contributed by atoms with Gasteiger partial charge in [0.2, 0.25) is 0 Å². The van der Waals surface area contributed by atoms with Crippen molar-refractivity contribution in [1.82, 2.24) is 0 Å². The Morgan fingerprint density at radius 1 is 1.70 bits per heavy atom.